The summed E-state index contributed by atoms with van der Waals surface area (Å²) >= 11 is 3.54. The maximum Gasteiger partial charge on any atom is 0.407 e. The normalized spacial score (nSPS) is 17.4. The quantitative estimate of drug-likeness (QED) is 0.266. The summed E-state index contributed by atoms with van der Waals surface area (Å²) in [6.07, 6.45) is 5.80. The van der Waals surface area contributed by atoms with Crippen LogP contribution >= 0.6 is 15.9 Å². The molecule has 2 atom stereocenters. The SMILES string of the molecule is CC(C)(C)OC(=O)N[C@H]1CCC[C@@H]1Nc1nc(NCc2ccc(-c3ccccn3)cc2)n2ncc(Br)c2n1. The number of pyridine rings is 1. The Hall–Kier alpha value is -3.73. The van der Waals surface area contributed by atoms with Gasteiger partial charge in [0, 0.05) is 24.3 Å². The van der Waals surface area contributed by atoms with Crippen LogP contribution in [0, 0.1) is 0 Å². The molecule has 0 saturated heterocycles. The van der Waals surface area contributed by atoms with Gasteiger partial charge in [-0.2, -0.15) is 19.6 Å². The summed E-state index contributed by atoms with van der Waals surface area (Å²) in [5, 5.41) is 14.2. The number of fused-ring (bicyclic) bond motifs is 1. The molecule has 38 heavy (non-hydrogen) atoms. The Bertz CT molecular complexity index is 1400. The van der Waals surface area contributed by atoms with Crippen LogP contribution < -0.4 is 16.0 Å². The average molecular weight is 580 g/mol. The predicted octanol–water partition coefficient (Wildman–Crippen LogP) is 5.42. The smallest absolute Gasteiger partial charge is 0.407 e. The van der Waals surface area contributed by atoms with E-state index in [2.05, 4.69) is 71.2 Å². The van der Waals surface area contributed by atoms with Crippen LogP contribution in [-0.4, -0.2) is 48.3 Å². The molecular formula is C27H31BrN8O2. The lowest BCUT2D eigenvalue weighted by atomic mass is 10.1. The number of aromatic nitrogens is 5. The van der Waals surface area contributed by atoms with E-state index >= 15 is 0 Å². The number of hydrogen-bond donors (Lipinski definition) is 3. The van der Waals surface area contributed by atoms with Gasteiger partial charge in [0.15, 0.2) is 5.65 Å². The monoisotopic (exact) mass is 578 g/mol. The second kappa shape index (κ2) is 10.9. The first kappa shape index (κ1) is 25.9. The van der Waals surface area contributed by atoms with E-state index in [4.69, 9.17) is 9.72 Å². The van der Waals surface area contributed by atoms with Crippen LogP contribution in [0.15, 0.2) is 59.3 Å². The van der Waals surface area contributed by atoms with Crippen molar-refractivity contribution in [2.75, 3.05) is 10.6 Å². The molecule has 1 aliphatic rings. The van der Waals surface area contributed by atoms with Gasteiger partial charge in [-0.3, -0.25) is 4.98 Å². The Morgan fingerprint density at radius 1 is 1.11 bits per heavy atom. The molecular weight excluding hydrogens is 548 g/mol. The topological polar surface area (TPSA) is 118 Å². The standard InChI is InChI=1S/C27H31BrN8O2/c1-27(2,3)38-26(37)33-22-9-6-8-21(22)32-24-34-23-19(28)16-31-36(23)25(35-24)30-15-17-10-12-18(13-11-17)20-7-4-5-14-29-20/h4-5,7,10-14,16,21-22H,6,8-9,15H2,1-3H3,(H,33,37)(H2,30,32,34,35)/t21-,22-/m0/s1. The number of anilines is 2. The van der Waals surface area contributed by atoms with Crippen LogP contribution in [0.2, 0.25) is 0 Å². The van der Waals surface area contributed by atoms with Gasteiger partial charge in [0.05, 0.1) is 22.4 Å². The molecule has 3 N–H and O–H groups in total. The summed E-state index contributed by atoms with van der Waals surface area (Å²) in [7, 11) is 0. The van der Waals surface area contributed by atoms with Crippen LogP contribution in [0.3, 0.4) is 0 Å². The summed E-state index contributed by atoms with van der Waals surface area (Å²) in [6, 6.07) is 14.0. The van der Waals surface area contributed by atoms with Crippen LogP contribution in [-0.2, 0) is 11.3 Å². The van der Waals surface area contributed by atoms with Gasteiger partial charge in [0.1, 0.15) is 5.60 Å². The first-order chi connectivity index (χ1) is 18.2. The van der Waals surface area contributed by atoms with Crippen LogP contribution in [0.5, 0.6) is 0 Å². The van der Waals surface area contributed by atoms with Crippen molar-refractivity contribution in [3.8, 4) is 11.3 Å². The van der Waals surface area contributed by atoms with Gasteiger partial charge >= 0.3 is 6.09 Å². The number of halogens is 1. The lowest BCUT2D eigenvalue weighted by Gasteiger charge is -2.25. The molecule has 0 radical (unpaired) electrons. The summed E-state index contributed by atoms with van der Waals surface area (Å²) in [6.45, 7) is 6.12. The van der Waals surface area contributed by atoms with E-state index in [1.54, 1.807) is 16.9 Å². The summed E-state index contributed by atoms with van der Waals surface area (Å²) in [5.41, 5.74) is 3.19. The Labute approximate surface area is 229 Å². The van der Waals surface area contributed by atoms with Crippen molar-refractivity contribution in [3.05, 3.63) is 64.9 Å². The molecule has 0 unspecified atom stereocenters. The second-order valence-corrected chi connectivity index (χ2v) is 11.2. The number of carbonyl (C=O) groups is 1. The lowest BCUT2D eigenvalue weighted by molar-refractivity contribution is 0.0503. The Balaban J connectivity index is 1.30. The molecule has 0 bridgehead atoms. The Kier molecular flexibility index (Phi) is 7.46. The highest BCUT2D eigenvalue weighted by molar-refractivity contribution is 9.10. The third-order valence-electron chi connectivity index (χ3n) is 6.22. The zero-order valence-electron chi connectivity index (χ0n) is 21.6. The Morgan fingerprint density at radius 2 is 1.89 bits per heavy atom. The third-order valence-corrected chi connectivity index (χ3v) is 6.78. The van der Waals surface area contributed by atoms with Crippen molar-refractivity contribution in [1.82, 2.24) is 29.9 Å². The molecule has 11 heteroatoms. The number of amides is 1. The van der Waals surface area contributed by atoms with Gasteiger partial charge in [-0.15, -0.1) is 0 Å². The number of hydrogen-bond acceptors (Lipinski definition) is 8. The Morgan fingerprint density at radius 3 is 2.63 bits per heavy atom. The average Bonchev–Trinajstić information content (AvgIpc) is 3.48. The van der Waals surface area contributed by atoms with Crippen LogP contribution in [0.4, 0.5) is 16.7 Å². The highest BCUT2D eigenvalue weighted by Crippen LogP contribution is 2.25. The molecule has 1 aliphatic carbocycles. The van der Waals surface area contributed by atoms with E-state index in [1.165, 1.54) is 0 Å². The predicted molar refractivity (Wildman–Crippen MR) is 150 cm³/mol. The van der Waals surface area contributed by atoms with Gasteiger partial charge in [-0.05, 0) is 73.7 Å². The van der Waals surface area contributed by atoms with Gasteiger partial charge in [0.25, 0.3) is 0 Å². The molecule has 0 aliphatic heterocycles. The van der Waals surface area contributed by atoms with Crippen LogP contribution in [0.25, 0.3) is 16.9 Å². The third kappa shape index (κ3) is 6.21. The van der Waals surface area contributed by atoms with Crippen LogP contribution in [0.1, 0.15) is 45.6 Å². The van der Waals surface area contributed by atoms with E-state index in [-0.39, 0.29) is 12.1 Å². The molecule has 1 fully saturated rings. The summed E-state index contributed by atoms with van der Waals surface area (Å²) in [4.78, 5) is 26.2. The van der Waals surface area contributed by atoms with Crippen molar-refractivity contribution >= 4 is 39.6 Å². The molecule has 1 saturated carbocycles. The number of rotatable bonds is 7. The van der Waals surface area contributed by atoms with Gasteiger partial charge in [-0.1, -0.05) is 30.3 Å². The second-order valence-electron chi connectivity index (χ2n) is 10.3. The zero-order valence-corrected chi connectivity index (χ0v) is 23.2. The largest absolute Gasteiger partial charge is 0.444 e. The molecule has 5 rings (SSSR count). The van der Waals surface area contributed by atoms with E-state index in [0.717, 1.165) is 40.6 Å². The van der Waals surface area contributed by atoms with E-state index in [0.29, 0.717) is 24.1 Å². The van der Waals surface area contributed by atoms with E-state index < -0.39 is 11.7 Å². The number of nitrogens with zero attached hydrogens (tertiary/aromatic N) is 5. The van der Waals surface area contributed by atoms with Crippen molar-refractivity contribution < 1.29 is 9.53 Å². The highest BCUT2D eigenvalue weighted by Gasteiger charge is 2.31. The zero-order chi connectivity index (χ0) is 26.7. The first-order valence-electron chi connectivity index (χ1n) is 12.7. The maximum atomic E-state index is 12.3. The molecule has 198 valence electrons. The fourth-order valence-corrected chi connectivity index (χ4v) is 4.82. The minimum atomic E-state index is -0.548. The molecule has 3 heterocycles. The molecule has 10 nitrogen and oxygen atoms in total. The minimum Gasteiger partial charge on any atom is -0.444 e. The summed E-state index contributed by atoms with van der Waals surface area (Å²) < 4.78 is 7.88. The molecule has 4 aromatic rings. The number of benzene rings is 1. The molecule has 3 aromatic heterocycles. The van der Waals surface area contributed by atoms with Gasteiger partial charge in [0.2, 0.25) is 11.9 Å². The van der Waals surface area contributed by atoms with Crippen molar-refractivity contribution in [2.24, 2.45) is 0 Å². The highest BCUT2D eigenvalue weighted by atomic mass is 79.9. The van der Waals surface area contributed by atoms with E-state index in [9.17, 15) is 4.79 Å². The summed E-state index contributed by atoms with van der Waals surface area (Å²) in [5.74, 6) is 1.03. The van der Waals surface area contributed by atoms with E-state index in [1.807, 2.05) is 39.0 Å². The van der Waals surface area contributed by atoms with Gasteiger partial charge < -0.3 is 20.7 Å². The lowest BCUT2D eigenvalue weighted by Crippen LogP contribution is -2.45. The van der Waals surface area contributed by atoms with Crippen molar-refractivity contribution in [1.29, 1.82) is 0 Å². The number of carbonyl (C=O) groups excluding carboxylic acids is 1. The van der Waals surface area contributed by atoms with Crippen molar-refractivity contribution in [2.45, 2.75) is 64.3 Å². The number of alkyl carbamates (subject to hydrolysis) is 1. The number of nitrogens with one attached hydrogen (secondary N) is 3. The minimum absolute atomic E-state index is 0.0151. The van der Waals surface area contributed by atoms with Gasteiger partial charge in [-0.25, -0.2) is 4.79 Å². The number of ether oxygens (including phenoxy) is 1. The first-order valence-corrected chi connectivity index (χ1v) is 13.5. The maximum absolute atomic E-state index is 12.3. The molecule has 1 amide bonds. The van der Waals surface area contributed by atoms with Crippen molar-refractivity contribution in [3.63, 3.8) is 0 Å². The molecule has 0 spiro atoms. The fourth-order valence-electron chi connectivity index (χ4n) is 4.47. The molecule has 1 aromatic carbocycles. The fraction of sp³-hybridized carbons (Fsp3) is 0.370.